The van der Waals surface area contributed by atoms with Crippen LogP contribution in [0.2, 0.25) is 0 Å². The molecular formula is C8H12N4O. The highest BCUT2D eigenvalue weighted by Gasteiger charge is 2.04. The molecule has 0 aromatic carbocycles. The number of likely N-dealkylation sites (N-methyl/N-ethyl adjacent to an activating group) is 1. The minimum atomic E-state index is -0.376. The van der Waals surface area contributed by atoms with Crippen molar-refractivity contribution in [3.63, 3.8) is 0 Å². The molecular weight excluding hydrogens is 168 g/mol. The zero-order chi connectivity index (χ0) is 9.84. The van der Waals surface area contributed by atoms with Crippen molar-refractivity contribution >= 4 is 11.7 Å². The van der Waals surface area contributed by atoms with E-state index in [9.17, 15) is 4.79 Å². The maximum atomic E-state index is 10.6. The lowest BCUT2D eigenvalue weighted by Gasteiger charge is -2.15. The number of carbonyl (C=O) groups is 1. The third kappa shape index (κ3) is 2.70. The molecule has 70 valence electrons. The number of anilines is 1. The van der Waals surface area contributed by atoms with E-state index in [2.05, 4.69) is 9.97 Å². The quantitative estimate of drug-likeness (QED) is 0.693. The Kier molecular flexibility index (Phi) is 2.79. The number of carbonyl (C=O) groups excluding carboxylic acids is 1. The number of hydrogen-bond acceptors (Lipinski definition) is 4. The first-order valence-corrected chi connectivity index (χ1v) is 3.88. The molecule has 5 heteroatoms. The summed E-state index contributed by atoms with van der Waals surface area (Å²) in [5.74, 6) is 0.999. The first kappa shape index (κ1) is 9.44. The molecule has 0 radical (unpaired) electrons. The van der Waals surface area contributed by atoms with Gasteiger partial charge in [0.05, 0.1) is 6.54 Å². The van der Waals surface area contributed by atoms with Gasteiger partial charge in [0, 0.05) is 13.2 Å². The van der Waals surface area contributed by atoms with Crippen LogP contribution in [0.5, 0.6) is 0 Å². The fraction of sp³-hybridized carbons (Fsp3) is 0.375. The maximum absolute atomic E-state index is 10.6. The Balaban J connectivity index is 2.76. The van der Waals surface area contributed by atoms with Crippen LogP contribution in [0.3, 0.4) is 0 Å². The Labute approximate surface area is 76.6 Å². The molecule has 1 aromatic heterocycles. The summed E-state index contributed by atoms with van der Waals surface area (Å²) in [6, 6.07) is 1.73. The maximum Gasteiger partial charge on any atom is 0.236 e. The van der Waals surface area contributed by atoms with Crippen LogP contribution in [-0.4, -0.2) is 29.5 Å². The standard InChI is InChI=1S/C8H12N4O/c1-6-10-4-3-8(11-6)12(2)5-7(9)13/h3-4H,5H2,1-2H3,(H2,9,13). The van der Waals surface area contributed by atoms with E-state index in [4.69, 9.17) is 5.73 Å². The molecule has 13 heavy (non-hydrogen) atoms. The van der Waals surface area contributed by atoms with Gasteiger partial charge in [0.1, 0.15) is 11.6 Å². The van der Waals surface area contributed by atoms with E-state index in [1.54, 1.807) is 31.1 Å². The highest BCUT2D eigenvalue weighted by molar-refractivity contribution is 5.78. The molecule has 0 unspecified atom stereocenters. The van der Waals surface area contributed by atoms with Crippen molar-refractivity contribution in [1.82, 2.24) is 9.97 Å². The van der Waals surface area contributed by atoms with Gasteiger partial charge in [-0.15, -0.1) is 0 Å². The van der Waals surface area contributed by atoms with Crippen molar-refractivity contribution in [2.24, 2.45) is 5.73 Å². The molecule has 0 saturated heterocycles. The number of aromatic nitrogens is 2. The molecule has 0 spiro atoms. The molecule has 1 rings (SSSR count). The normalized spacial score (nSPS) is 9.69. The third-order valence-corrected chi connectivity index (χ3v) is 1.55. The van der Waals surface area contributed by atoms with E-state index in [0.29, 0.717) is 11.6 Å². The van der Waals surface area contributed by atoms with Crippen LogP contribution in [0.15, 0.2) is 12.3 Å². The highest BCUT2D eigenvalue weighted by atomic mass is 16.1. The van der Waals surface area contributed by atoms with Gasteiger partial charge in [-0.1, -0.05) is 0 Å². The lowest BCUT2D eigenvalue weighted by atomic mass is 10.4. The van der Waals surface area contributed by atoms with E-state index in [1.807, 2.05) is 0 Å². The number of nitrogens with two attached hydrogens (primary N) is 1. The summed E-state index contributed by atoms with van der Waals surface area (Å²) in [6.45, 7) is 1.96. The molecule has 0 fully saturated rings. The predicted molar refractivity (Wildman–Crippen MR) is 49.2 cm³/mol. The van der Waals surface area contributed by atoms with Gasteiger partial charge < -0.3 is 10.6 Å². The molecule has 1 heterocycles. The number of nitrogens with zero attached hydrogens (tertiary/aromatic N) is 3. The minimum absolute atomic E-state index is 0.163. The Morgan fingerprint density at radius 2 is 2.38 bits per heavy atom. The fourth-order valence-electron chi connectivity index (χ4n) is 0.971. The second-order valence-electron chi connectivity index (χ2n) is 2.78. The topological polar surface area (TPSA) is 72.1 Å². The summed E-state index contributed by atoms with van der Waals surface area (Å²) in [7, 11) is 1.76. The molecule has 0 aliphatic carbocycles. The van der Waals surface area contributed by atoms with Crippen LogP contribution in [-0.2, 0) is 4.79 Å². The zero-order valence-electron chi connectivity index (χ0n) is 7.69. The predicted octanol–water partition coefficient (Wildman–Crippen LogP) is -0.293. The van der Waals surface area contributed by atoms with Crippen LogP contribution in [0.4, 0.5) is 5.82 Å². The molecule has 0 aliphatic rings. The third-order valence-electron chi connectivity index (χ3n) is 1.55. The Morgan fingerprint density at radius 1 is 1.69 bits per heavy atom. The number of rotatable bonds is 3. The average molecular weight is 180 g/mol. The van der Waals surface area contributed by atoms with Crippen molar-refractivity contribution in [2.75, 3.05) is 18.5 Å². The smallest absolute Gasteiger partial charge is 0.236 e. The van der Waals surface area contributed by atoms with Crippen LogP contribution in [0, 0.1) is 6.92 Å². The number of aryl methyl sites for hydroxylation is 1. The van der Waals surface area contributed by atoms with Gasteiger partial charge in [-0.3, -0.25) is 4.79 Å². The van der Waals surface area contributed by atoms with Crippen molar-refractivity contribution in [1.29, 1.82) is 0 Å². The van der Waals surface area contributed by atoms with Crippen LogP contribution < -0.4 is 10.6 Å². The van der Waals surface area contributed by atoms with E-state index < -0.39 is 0 Å². The van der Waals surface area contributed by atoms with E-state index in [1.165, 1.54) is 0 Å². The van der Waals surface area contributed by atoms with Gasteiger partial charge in [0.2, 0.25) is 5.91 Å². The first-order valence-electron chi connectivity index (χ1n) is 3.88. The number of primary amides is 1. The summed E-state index contributed by atoms with van der Waals surface area (Å²) in [5.41, 5.74) is 5.04. The van der Waals surface area contributed by atoms with Crippen LogP contribution in [0.1, 0.15) is 5.82 Å². The first-order chi connectivity index (χ1) is 6.09. The molecule has 0 bridgehead atoms. The summed E-state index contributed by atoms with van der Waals surface area (Å²) in [6.07, 6.45) is 1.65. The van der Waals surface area contributed by atoms with Crippen molar-refractivity contribution in [2.45, 2.75) is 6.92 Å². The molecule has 1 aromatic rings. The molecule has 0 saturated carbocycles. The Hall–Kier alpha value is -1.65. The van der Waals surface area contributed by atoms with Crippen molar-refractivity contribution in [3.8, 4) is 0 Å². The monoisotopic (exact) mass is 180 g/mol. The van der Waals surface area contributed by atoms with Crippen molar-refractivity contribution < 1.29 is 4.79 Å². The summed E-state index contributed by atoms with van der Waals surface area (Å²) < 4.78 is 0. The minimum Gasteiger partial charge on any atom is -0.368 e. The SMILES string of the molecule is Cc1nccc(N(C)CC(N)=O)n1. The van der Waals surface area contributed by atoms with Gasteiger partial charge in [0.25, 0.3) is 0 Å². The van der Waals surface area contributed by atoms with Crippen molar-refractivity contribution in [3.05, 3.63) is 18.1 Å². The van der Waals surface area contributed by atoms with Crippen LogP contribution in [0.25, 0.3) is 0 Å². The molecule has 2 N–H and O–H groups in total. The summed E-state index contributed by atoms with van der Waals surface area (Å²) >= 11 is 0. The van der Waals surface area contributed by atoms with Gasteiger partial charge in [-0.2, -0.15) is 0 Å². The van der Waals surface area contributed by atoms with Crippen LogP contribution >= 0.6 is 0 Å². The number of amides is 1. The summed E-state index contributed by atoms with van der Waals surface area (Å²) in [4.78, 5) is 20.4. The van der Waals surface area contributed by atoms with Gasteiger partial charge in [-0.05, 0) is 13.0 Å². The summed E-state index contributed by atoms with van der Waals surface area (Å²) in [5, 5.41) is 0. The van der Waals surface area contributed by atoms with E-state index in [0.717, 1.165) is 0 Å². The van der Waals surface area contributed by atoms with E-state index in [-0.39, 0.29) is 12.5 Å². The molecule has 0 aliphatic heterocycles. The zero-order valence-corrected chi connectivity index (χ0v) is 7.69. The average Bonchev–Trinajstić information content (AvgIpc) is 2.03. The van der Waals surface area contributed by atoms with Gasteiger partial charge >= 0.3 is 0 Å². The molecule has 1 amide bonds. The number of hydrogen-bond donors (Lipinski definition) is 1. The Bertz CT molecular complexity index is 313. The lowest BCUT2D eigenvalue weighted by Crippen LogP contribution is -2.31. The van der Waals surface area contributed by atoms with Gasteiger partial charge in [-0.25, -0.2) is 9.97 Å². The second kappa shape index (κ2) is 3.84. The Morgan fingerprint density at radius 3 is 2.92 bits per heavy atom. The van der Waals surface area contributed by atoms with Gasteiger partial charge in [0.15, 0.2) is 0 Å². The molecule has 0 atom stereocenters. The highest BCUT2D eigenvalue weighted by Crippen LogP contribution is 2.05. The fourth-order valence-corrected chi connectivity index (χ4v) is 0.971. The second-order valence-corrected chi connectivity index (χ2v) is 2.78. The largest absolute Gasteiger partial charge is 0.368 e. The lowest BCUT2D eigenvalue weighted by molar-refractivity contribution is -0.116. The van der Waals surface area contributed by atoms with E-state index >= 15 is 0 Å². The molecule has 5 nitrogen and oxygen atoms in total.